The Hall–Kier alpha value is -1.92. The van der Waals surface area contributed by atoms with Gasteiger partial charge in [-0.2, -0.15) is 0 Å². The van der Waals surface area contributed by atoms with Gasteiger partial charge in [0.15, 0.2) is 5.60 Å². The third kappa shape index (κ3) is 4.19. The van der Waals surface area contributed by atoms with Gasteiger partial charge in [0.05, 0.1) is 6.54 Å². The van der Waals surface area contributed by atoms with Crippen molar-refractivity contribution in [3.8, 4) is 0 Å². The minimum atomic E-state index is -1.61. The van der Waals surface area contributed by atoms with Crippen molar-refractivity contribution in [2.75, 3.05) is 26.2 Å². The number of nitrogens with zero attached hydrogens (tertiary/aromatic N) is 2. The molecule has 0 saturated carbocycles. The zero-order chi connectivity index (χ0) is 17.9. The lowest BCUT2D eigenvalue weighted by atomic mass is 9.91. The van der Waals surface area contributed by atoms with Crippen molar-refractivity contribution in [2.24, 2.45) is 5.73 Å². The van der Waals surface area contributed by atoms with Crippen LogP contribution in [0.4, 0.5) is 0 Å². The fourth-order valence-corrected chi connectivity index (χ4v) is 3.72. The molecule has 2 aliphatic rings. The van der Waals surface area contributed by atoms with E-state index in [1.807, 2.05) is 24.3 Å². The first-order chi connectivity index (χ1) is 12.0. The van der Waals surface area contributed by atoms with Gasteiger partial charge >= 0.3 is 0 Å². The van der Waals surface area contributed by atoms with Crippen LogP contribution >= 0.6 is 0 Å². The molecule has 2 fully saturated rings. The number of aliphatic hydroxyl groups is 1. The fourth-order valence-electron chi connectivity index (χ4n) is 3.72. The van der Waals surface area contributed by atoms with Crippen LogP contribution in [0.5, 0.6) is 0 Å². The summed E-state index contributed by atoms with van der Waals surface area (Å²) in [4.78, 5) is 28.1. The molecule has 0 spiro atoms. The van der Waals surface area contributed by atoms with E-state index in [0.29, 0.717) is 24.9 Å². The van der Waals surface area contributed by atoms with E-state index < -0.39 is 11.5 Å². The molecule has 2 saturated heterocycles. The Labute approximate surface area is 148 Å². The summed E-state index contributed by atoms with van der Waals surface area (Å²) in [6.45, 7) is 3.70. The van der Waals surface area contributed by atoms with Crippen molar-refractivity contribution in [1.82, 2.24) is 9.80 Å². The fraction of sp³-hybridized carbons (Fsp3) is 0.579. The molecule has 3 rings (SSSR count). The molecule has 3 N–H and O–H groups in total. The number of amides is 2. The highest BCUT2D eigenvalue weighted by atomic mass is 16.3. The Balaban J connectivity index is 1.63. The number of benzene rings is 1. The molecule has 1 unspecified atom stereocenters. The van der Waals surface area contributed by atoms with Crippen molar-refractivity contribution in [3.05, 3.63) is 35.4 Å². The highest BCUT2D eigenvalue weighted by Gasteiger charge is 2.40. The first-order valence-electron chi connectivity index (χ1n) is 9.11. The largest absolute Gasteiger partial charge is 0.378 e. The van der Waals surface area contributed by atoms with Crippen LogP contribution in [0.25, 0.3) is 0 Å². The molecule has 25 heavy (non-hydrogen) atoms. The summed E-state index contributed by atoms with van der Waals surface area (Å²) < 4.78 is 0. The van der Waals surface area contributed by atoms with E-state index in [-0.39, 0.29) is 12.5 Å². The van der Waals surface area contributed by atoms with Gasteiger partial charge in [-0.3, -0.25) is 14.5 Å². The molecule has 0 aliphatic carbocycles. The Bertz CT molecular complexity index is 625. The number of carbonyl (C=O) groups excluding carboxylic acids is 2. The van der Waals surface area contributed by atoms with Crippen molar-refractivity contribution in [1.29, 1.82) is 0 Å². The van der Waals surface area contributed by atoms with E-state index in [1.54, 1.807) is 0 Å². The summed E-state index contributed by atoms with van der Waals surface area (Å²) in [5, 5.41) is 10.3. The van der Waals surface area contributed by atoms with E-state index in [9.17, 15) is 14.7 Å². The lowest BCUT2D eigenvalue weighted by Gasteiger charge is -2.37. The van der Waals surface area contributed by atoms with Crippen molar-refractivity contribution in [2.45, 2.75) is 44.2 Å². The van der Waals surface area contributed by atoms with Gasteiger partial charge in [0.2, 0.25) is 0 Å². The highest BCUT2D eigenvalue weighted by molar-refractivity contribution is 5.95. The number of likely N-dealkylation sites (tertiary alicyclic amines) is 2. The number of primary amides is 1. The molecule has 2 amide bonds. The van der Waals surface area contributed by atoms with Gasteiger partial charge in [-0.05, 0) is 56.5 Å². The molecule has 2 heterocycles. The monoisotopic (exact) mass is 345 g/mol. The summed E-state index contributed by atoms with van der Waals surface area (Å²) in [5.74, 6) is -0.925. The van der Waals surface area contributed by atoms with Crippen LogP contribution < -0.4 is 5.73 Å². The number of piperidine rings is 2. The number of hydrogen-bond acceptors (Lipinski definition) is 4. The summed E-state index contributed by atoms with van der Waals surface area (Å²) >= 11 is 0. The smallest absolute Gasteiger partial charge is 0.253 e. The van der Waals surface area contributed by atoms with E-state index >= 15 is 0 Å². The number of β-amino-alcohol motifs (C(OH)–C–C–N with tert-alkyl or cyclic N) is 1. The molecule has 136 valence electrons. The predicted octanol–water partition coefficient (Wildman–Crippen LogP) is 1.12. The van der Waals surface area contributed by atoms with Crippen molar-refractivity contribution < 1.29 is 14.7 Å². The molecule has 6 heteroatoms. The van der Waals surface area contributed by atoms with Crippen molar-refractivity contribution in [3.63, 3.8) is 0 Å². The van der Waals surface area contributed by atoms with Crippen LogP contribution in [-0.2, 0) is 11.3 Å². The lowest BCUT2D eigenvalue weighted by Crippen LogP contribution is -2.57. The molecule has 0 aromatic heterocycles. The zero-order valence-electron chi connectivity index (χ0n) is 14.6. The number of carbonyl (C=O) groups is 2. The van der Waals surface area contributed by atoms with Crippen LogP contribution in [-0.4, -0.2) is 58.5 Å². The second-order valence-electron chi connectivity index (χ2n) is 7.26. The van der Waals surface area contributed by atoms with Crippen LogP contribution in [0.15, 0.2) is 24.3 Å². The number of hydrogen-bond donors (Lipinski definition) is 2. The molecule has 0 bridgehead atoms. The van der Waals surface area contributed by atoms with E-state index in [0.717, 1.165) is 19.6 Å². The van der Waals surface area contributed by atoms with Gasteiger partial charge < -0.3 is 15.7 Å². The minimum absolute atomic E-state index is 0.0311. The molecule has 6 nitrogen and oxygen atoms in total. The lowest BCUT2D eigenvalue weighted by molar-refractivity contribution is -0.140. The van der Waals surface area contributed by atoms with Gasteiger partial charge in [0.25, 0.3) is 11.8 Å². The average Bonchev–Trinajstić information content (AvgIpc) is 2.62. The summed E-state index contributed by atoms with van der Waals surface area (Å²) in [7, 11) is 0. The molecule has 2 aliphatic heterocycles. The van der Waals surface area contributed by atoms with Gasteiger partial charge in [0.1, 0.15) is 0 Å². The van der Waals surface area contributed by atoms with Crippen LogP contribution in [0.2, 0.25) is 0 Å². The first kappa shape index (κ1) is 17.9. The predicted molar refractivity (Wildman–Crippen MR) is 94.9 cm³/mol. The first-order valence-corrected chi connectivity index (χ1v) is 9.11. The van der Waals surface area contributed by atoms with E-state index in [2.05, 4.69) is 4.90 Å². The second-order valence-corrected chi connectivity index (χ2v) is 7.26. The molecule has 1 atom stereocenters. The molecular formula is C19H27N3O3. The number of nitrogens with two attached hydrogens (primary N) is 1. The summed E-state index contributed by atoms with van der Waals surface area (Å²) in [6, 6.07) is 7.65. The molecule has 1 aromatic carbocycles. The minimum Gasteiger partial charge on any atom is -0.378 e. The molecule has 1 aromatic rings. The maximum atomic E-state index is 12.7. The van der Waals surface area contributed by atoms with Crippen LogP contribution in [0, 0.1) is 0 Å². The molecular weight excluding hydrogens is 318 g/mol. The Morgan fingerprint density at radius 1 is 1.04 bits per heavy atom. The highest BCUT2D eigenvalue weighted by Crippen LogP contribution is 2.23. The van der Waals surface area contributed by atoms with Crippen LogP contribution in [0.3, 0.4) is 0 Å². The third-order valence-electron chi connectivity index (χ3n) is 5.27. The van der Waals surface area contributed by atoms with Gasteiger partial charge in [0, 0.05) is 18.7 Å². The Kier molecular flexibility index (Phi) is 5.39. The van der Waals surface area contributed by atoms with Crippen LogP contribution in [0.1, 0.15) is 48.0 Å². The zero-order valence-corrected chi connectivity index (χ0v) is 14.6. The summed E-state index contributed by atoms with van der Waals surface area (Å²) in [6.07, 6.45) is 4.71. The average molecular weight is 345 g/mol. The second kappa shape index (κ2) is 7.54. The van der Waals surface area contributed by atoms with E-state index in [1.165, 1.54) is 29.7 Å². The quantitative estimate of drug-likeness (QED) is 0.856. The Morgan fingerprint density at radius 2 is 1.72 bits per heavy atom. The third-order valence-corrected chi connectivity index (χ3v) is 5.27. The summed E-state index contributed by atoms with van der Waals surface area (Å²) in [5.41, 5.74) is 5.45. The van der Waals surface area contributed by atoms with Gasteiger partial charge in [-0.15, -0.1) is 0 Å². The van der Waals surface area contributed by atoms with Gasteiger partial charge in [-0.25, -0.2) is 0 Å². The number of rotatable bonds is 4. The molecule has 0 radical (unpaired) electrons. The van der Waals surface area contributed by atoms with Gasteiger partial charge in [-0.1, -0.05) is 18.6 Å². The van der Waals surface area contributed by atoms with E-state index in [4.69, 9.17) is 5.73 Å². The normalized spacial score (nSPS) is 24.9. The maximum Gasteiger partial charge on any atom is 0.253 e. The SMILES string of the molecule is NC(=O)C1(O)CCCN(C(=O)c2ccc(CN3CCCCC3)cc2)C1. The standard InChI is InChI=1S/C19H27N3O3/c20-18(24)19(25)9-4-12-22(14-19)17(23)16-7-5-15(6-8-16)13-21-10-2-1-3-11-21/h5-8,25H,1-4,9-14H2,(H2,20,24). The Morgan fingerprint density at radius 3 is 2.36 bits per heavy atom. The topological polar surface area (TPSA) is 86.9 Å². The van der Waals surface area contributed by atoms with Crippen molar-refractivity contribution >= 4 is 11.8 Å². The maximum absolute atomic E-state index is 12.7.